The van der Waals surface area contributed by atoms with E-state index < -0.39 is 9.84 Å². The van der Waals surface area contributed by atoms with E-state index in [9.17, 15) is 13.2 Å². The Bertz CT molecular complexity index is 571. The van der Waals surface area contributed by atoms with Gasteiger partial charge in [0.15, 0.2) is 16.1 Å². The number of halogens is 1. The third kappa shape index (κ3) is 2.52. The normalized spacial score (nSPS) is 22.8. The first-order valence-corrected chi connectivity index (χ1v) is 7.85. The third-order valence-corrected chi connectivity index (χ3v) is 5.25. The van der Waals surface area contributed by atoms with Crippen molar-refractivity contribution in [3.63, 3.8) is 0 Å². The minimum Gasteiger partial charge on any atom is -0.366 e. The monoisotopic (exact) mass is 287 g/mol. The molecule has 98 valence electrons. The van der Waals surface area contributed by atoms with E-state index in [4.69, 9.17) is 11.6 Å². The summed E-state index contributed by atoms with van der Waals surface area (Å²) in [6, 6.07) is 5.06. The van der Waals surface area contributed by atoms with Crippen molar-refractivity contribution in [2.24, 2.45) is 0 Å². The molecule has 6 heteroatoms. The zero-order valence-electron chi connectivity index (χ0n) is 9.97. The average Bonchev–Trinajstić information content (AvgIpc) is 2.27. The Kier molecular flexibility index (Phi) is 3.64. The molecule has 4 nitrogen and oxygen atoms in total. The number of anilines is 1. The fourth-order valence-electron chi connectivity index (χ4n) is 2.25. The van der Waals surface area contributed by atoms with Crippen molar-refractivity contribution in [2.45, 2.75) is 13.0 Å². The molecule has 0 radical (unpaired) electrons. The molecule has 0 aromatic heterocycles. The number of nitrogens with zero attached hydrogens (tertiary/aromatic N) is 1. The summed E-state index contributed by atoms with van der Waals surface area (Å²) in [6.45, 7) is 2.23. The minimum atomic E-state index is -2.97. The van der Waals surface area contributed by atoms with Gasteiger partial charge in [0.2, 0.25) is 0 Å². The van der Waals surface area contributed by atoms with Crippen LogP contribution in [-0.2, 0) is 9.84 Å². The van der Waals surface area contributed by atoms with Crippen LogP contribution >= 0.6 is 11.6 Å². The molecule has 1 aliphatic rings. The Morgan fingerprint density at radius 3 is 2.78 bits per heavy atom. The maximum Gasteiger partial charge on any atom is 0.154 e. The lowest BCUT2D eigenvalue weighted by Crippen LogP contribution is -2.47. The molecule has 1 atom stereocenters. The molecule has 1 aliphatic heterocycles. The van der Waals surface area contributed by atoms with E-state index in [0.717, 1.165) is 0 Å². The van der Waals surface area contributed by atoms with Crippen LogP contribution < -0.4 is 4.90 Å². The van der Waals surface area contributed by atoms with E-state index in [2.05, 4.69) is 0 Å². The van der Waals surface area contributed by atoms with Crippen LogP contribution in [0.1, 0.15) is 17.3 Å². The summed E-state index contributed by atoms with van der Waals surface area (Å²) in [7, 11) is -2.97. The molecule has 0 amide bonds. The van der Waals surface area contributed by atoms with E-state index in [1.807, 2.05) is 11.8 Å². The Morgan fingerprint density at radius 1 is 1.44 bits per heavy atom. The highest BCUT2D eigenvalue weighted by atomic mass is 35.5. The second-order valence-corrected chi connectivity index (χ2v) is 7.08. The Morgan fingerprint density at radius 2 is 2.17 bits per heavy atom. The van der Waals surface area contributed by atoms with E-state index in [0.29, 0.717) is 29.1 Å². The van der Waals surface area contributed by atoms with Gasteiger partial charge in [0.05, 0.1) is 22.1 Å². The highest BCUT2D eigenvalue weighted by Gasteiger charge is 2.29. The van der Waals surface area contributed by atoms with Gasteiger partial charge in [0.1, 0.15) is 0 Å². The second-order valence-electron chi connectivity index (χ2n) is 4.45. The standard InChI is InChI=1S/C12H14ClNO3S/c1-9-8-18(16,17)6-5-14(9)12-4-2-3-11(13)10(12)7-15/h2-4,7,9H,5-6,8H2,1H3. The number of carbonyl (C=O) groups is 1. The van der Waals surface area contributed by atoms with Gasteiger partial charge in [-0.05, 0) is 19.1 Å². The Balaban J connectivity index is 2.39. The van der Waals surface area contributed by atoms with Gasteiger partial charge in [-0.15, -0.1) is 0 Å². The molecule has 2 rings (SSSR count). The molecular weight excluding hydrogens is 274 g/mol. The molecule has 1 saturated heterocycles. The molecule has 0 saturated carbocycles. The predicted octanol–water partition coefficient (Wildman–Crippen LogP) is 1.78. The molecule has 1 aromatic rings. The first-order valence-electron chi connectivity index (χ1n) is 5.65. The Hall–Kier alpha value is -1.07. The Labute approximate surface area is 111 Å². The second kappa shape index (κ2) is 4.90. The van der Waals surface area contributed by atoms with Crippen molar-refractivity contribution >= 4 is 33.4 Å². The summed E-state index contributed by atoms with van der Waals surface area (Å²) in [5.74, 6) is 0.222. The number of sulfone groups is 1. The lowest BCUT2D eigenvalue weighted by molar-refractivity contribution is 0.112. The molecule has 0 bridgehead atoms. The molecule has 18 heavy (non-hydrogen) atoms. The molecular formula is C12H14ClNO3S. The van der Waals surface area contributed by atoms with Gasteiger partial charge in [0.25, 0.3) is 0 Å². The topological polar surface area (TPSA) is 54.5 Å². The lowest BCUT2D eigenvalue weighted by Gasteiger charge is -2.35. The molecule has 0 aliphatic carbocycles. The average molecular weight is 288 g/mol. The fraction of sp³-hybridized carbons (Fsp3) is 0.417. The molecule has 1 heterocycles. The van der Waals surface area contributed by atoms with E-state index in [-0.39, 0.29) is 17.5 Å². The smallest absolute Gasteiger partial charge is 0.154 e. The summed E-state index contributed by atoms with van der Waals surface area (Å²) in [5.41, 5.74) is 1.13. The fourth-order valence-corrected chi connectivity index (χ4v) is 4.02. The van der Waals surface area contributed by atoms with Crippen LogP contribution in [0.5, 0.6) is 0 Å². The van der Waals surface area contributed by atoms with Crippen LogP contribution in [0.4, 0.5) is 5.69 Å². The summed E-state index contributed by atoms with van der Waals surface area (Å²) >= 11 is 5.98. The van der Waals surface area contributed by atoms with Crippen molar-refractivity contribution in [3.05, 3.63) is 28.8 Å². The van der Waals surface area contributed by atoms with Crippen molar-refractivity contribution in [3.8, 4) is 0 Å². The lowest BCUT2D eigenvalue weighted by atomic mass is 10.1. The van der Waals surface area contributed by atoms with Gasteiger partial charge in [-0.25, -0.2) is 8.42 Å². The summed E-state index contributed by atoms with van der Waals surface area (Å²) in [4.78, 5) is 13.0. The van der Waals surface area contributed by atoms with Crippen LogP contribution in [0.2, 0.25) is 5.02 Å². The van der Waals surface area contributed by atoms with Crippen LogP contribution in [0.3, 0.4) is 0 Å². The van der Waals surface area contributed by atoms with Gasteiger partial charge in [-0.2, -0.15) is 0 Å². The van der Waals surface area contributed by atoms with Crippen LogP contribution in [0.25, 0.3) is 0 Å². The zero-order chi connectivity index (χ0) is 13.3. The van der Waals surface area contributed by atoms with E-state index >= 15 is 0 Å². The molecule has 1 fully saturated rings. The van der Waals surface area contributed by atoms with Crippen molar-refractivity contribution in [2.75, 3.05) is 23.0 Å². The maximum absolute atomic E-state index is 11.5. The van der Waals surface area contributed by atoms with E-state index in [1.165, 1.54) is 0 Å². The first kappa shape index (κ1) is 13.4. The largest absolute Gasteiger partial charge is 0.366 e. The maximum atomic E-state index is 11.5. The molecule has 1 unspecified atom stereocenters. The van der Waals surface area contributed by atoms with Gasteiger partial charge in [-0.3, -0.25) is 4.79 Å². The molecule has 1 aromatic carbocycles. The minimum absolute atomic E-state index is 0.109. The molecule has 0 N–H and O–H groups in total. The number of benzene rings is 1. The van der Waals surface area contributed by atoms with Crippen molar-refractivity contribution in [1.29, 1.82) is 0 Å². The van der Waals surface area contributed by atoms with E-state index in [1.54, 1.807) is 18.2 Å². The number of rotatable bonds is 2. The number of hydrogen-bond donors (Lipinski definition) is 0. The van der Waals surface area contributed by atoms with Gasteiger partial charge >= 0.3 is 0 Å². The summed E-state index contributed by atoms with van der Waals surface area (Å²) in [5, 5.41) is 0.392. The van der Waals surface area contributed by atoms with Gasteiger partial charge in [0, 0.05) is 18.3 Å². The van der Waals surface area contributed by atoms with Gasteiger partial charge < -0.3 is 4.90 Å². The molecule has 0 spiro atoms. The van der Waals surface area contributed by atoms with Gasteiger partial charge in [-0.1, -0.05) is 17.7 Å². The quantitative estimate of drug-likeness (QED) is 0.778. The predicted molar refractivity (Wildman–Crippen MR) is 72.3 cm³/mol. The van der Waals surface area contributed by atoms with Crippen LogP contribution in [0, 0.1) is 0 Å². The summed E-state index contributed by atoms with van der Waals surface area (Å²) < 4.78 is 23.1. The highest BCUT2D eigenvalue weighted by molar-refractivity contribution is 7.91. The number of aldehydes is 1. The number of hydrogen-bond acceptors (Lipinski definition) is 4. The summed E-state index contributed by atoms with van der Waals surface area (Å²) in [6.07, 6.45) is 0.716. The first-order chi connectivity index (χ1) is 8.44. The third-order valence-electron chi connectivity index (χ3n) is 3.13. The zero-order valence-corrected chi connectivity index (χ0v) is 11.5. The van der Waals surface area contributed by atoms with Crippen molar-refractivity contribution < 1.29 is 13.2 Å². The van der Waals surface area contributed by atoms with Crippen LogP contribution in [-0.4, -0.2) is 38.8 Å². The SMILES string of the molecule is CC1CS(=O)(=O)CCN1c1cccc(Cl)c1C=O. The van der Waals surface area contributed by atoms with Crippen LogP contribution in [0.15, 0.2) is 18.2 Å². The number of carbonyl (C=O) groups excluding carboxylic acids is 1. The van der Waals surface area contributed by atoms with Crippen molar-refractivity contribution in [1.82, 2.24) is 0 Å². The highest BCUT2D eigenvalue weighted by Crippen LogP contribution is 2.29.